The molecule has 0 aliphatic heterocycles. The Balaban J connectivity index is 2.52. The highest BCUT2D eigenvalue weighted by Gasteiger charge is 2.27. The topological polar surface area (TPSA) is 57.6 Å². The number of sulfonamides is 1. The molecule has 2 atom stereocenters. The Bertz CT molecular complexity index is 340. The van der Waals surface area contributed by atoms with Crippen molar-refractivity contribution in [2.75, 3.05) is 19.3 Å². The van der Waals surface area contributed by atoms with Gasteiger partial charge < -0.3 is 5.11 Å². The Morgan fingerprint density at radius 2 is 2.06 bits per heavy atom. The molecule has 0 amide bonds. The van der Waals surface area contributed by atoms with Crippen LogP contribution in [0, 0.1) is 5.92 Å². The van der Waals surface area contributed by atoms with E-state index in [0.29, 0.717) is 13.0 Å². The van der Waals surface area contributed by atoms with Crippen molar-refractivity contribution in [3.63, 3.8) is 0 Å². The molecule has 0 saturated heterocycles. The van der Waals surface area contributed by atoms with Crippen LogP contribution in [-0.2, 0) is 10.0 Å². The van der Waals surface area contributed by atoms with E-state index in [0.717, 1.165) is 25.7 Å². The summed E-state index contributed by atoms with van der Waals surface area (Å²) < 4.78 is 25.1. The van der Waals surface area contributed by atoms with Crippen molar-refractivity contribution in [1.82, 2.24) is 4.31 Å². The van der Waals surface area contributed by atoms with Crippen LogP contribution in [0.4, 0.5) is 0 Å². The van der Waals surface area contributed by atoms with Crippen LogP contribution in [0.25, 0.3) is 0 Å². The second-order valence-electron chi connectivity index (χ2n) is 4.79. The van der Waals surface area contributed by atoms with Crippen LogP contribution in [0.1, 0.15) is 32.1 Å². The van der Waals surface area contributed by atoms with Gasteiger partial charge in [0, 0.05) is 13.6 Å². The number of aliphatic hydroxyl groups is 1. The summed E-state index contributed by atoms with van der Waals surface area (Å²) in [6.07, 6.45) is 5.59. The lowest BCUT2D eigenvalue weighted by Gasteiger charge is -2.30. The summed E-state index contributed by atoms with van der Waals surface area (Å²) in [5.74, 6) is 0.197. The molecular formula is C12H23NO3S. The lowest BCUT2D eigenvalue weighted by Crippen LogP contribution is -2.38. The standard InChI is InChI=1S/C12H23NO3S/c1-3-4-9-17(15,16)13(2)10-11-7-5-6-8-12(11)14/h3,11-12,14H,1,4-10H2,2H3. The zero-order valence-corrected chi connectivity index (χ0v) is 11.3. The molecule has 1 rings (SSSR count). The molecule has 0 aromatic carbocycles. The molecule has 0 heterocycles. The number of hydrogen-bond acceptors (Lipinski definition) is 3. The van der Waals surface area contributed by atoms with Gasteiger partial charge in [-0.25, -0.2) is 12.7 Å². The van der Waals surface area contributed by atoms with Gasteiger partial charge in [-0.1, -0.05) is 18.9 Å². The van der Waals surface area contributed by atoms with Gasteiger partial charge in [-0.15, -0.1) is 6.58 Å². The second kappa shape index (κ2) is 6.52. The second-order valence-corrected chi connectivity index (χ2v) is 6.98. The highest BCUT2D eigenvalue weighted by Crippen LogP contribution is 2.25. The van der Waals surface area contributed by atoms with Crippen LogP contribution in [0.3, 0.4) is 0 Å². The van der Waals surface area contributed by atoms with Crippen LogP contribution in [0.2, 0.25) is 0 Å². The molecule has 100 valence electrons. The first-order valence-corrected chi connectivity index (χ1v) is 7.81. The monoisotopic (exact) mass is 261 g/mol. The van der Waals surface area contributed by atoms with Gasteiger partial charge in [0.25, 0.3) is 0 Å². The third kappa shape index (κ3) is 4.41. The molecule has 0 aromatic heterocycles. The molecule has 0 bridgehead atoms. The van der Waals surface area contributed by atoms with Crippen molar-refractivity contribution in [3.8, 4) is 0 Å². The normalized spacial score (nSPS) is 26.1. The van der Waals surface area contributed by atoms with E-state index in [2.05, 4.69) is 6.58 Å². The van der Waals surface area contributed by atoms with Gasteiger partial charge in [0.05, 0.1) is 11.9 Å². The summed E-state index contributed by atoms with van der Waals surface area (Å²) in [5.41, 5.74) is 0. The predicted octanol–water partition coefficient (Wildman–Crippen LogP) is 1.38. The van der Waals surface area contributed by atoms with Gasteiger partial charge in [0.1, 0.15) is 0 Å². The first kappa shape index (κ1) is 14.7. The Labute approximate surface area is 104 Å². The summed E-state index contributed by atoms with van der Waals surface area (Å²) in [7, 11) is -1.60. The maximum atomic E-state index is 11.9. The Kier molecular flexibility index (Phi) is 5.62. The summed E-state index contributed by atoms with van der Waals surface area (Å²) >= 11 is 0. The van der Waals surface area contributed by atoms with Crippen LogP contribution < -0.4 is 0 Å². The zero-order chi connectivity index (χ0) is 12.9. The molecule has 0 radical (unpaired) electrons. The number of rotatable bonds is 6. The van der Waals surface area contributed by atoms with E-state index in [1.165, 1.54) is 4.31 Å². The number of nitrogens with zero attached hydrogens (tertiary/aromatic N) is 1. The molecule has 1 N–H and O–H groups in total. The van der Waals surface area contributed by atoms with Gasteiger partial charge in [0.15, 0.2) is 0 Å². The third-order valence-electron chi connectivity index (χ3n) is 3.42. The predicted molar refractivity (Wildman–Crippen MR) is 69.2 cm³/mol. The third-order valence-corrected chi connectivity index (χ3v) is 5.27. The van der Waals surface area contributed by atoms with E-state index < -0.39 is 10.0 Å². The van der Waals surface area contributed by atoms with Crippen molar-refractivity contribution in [1.29, 1.82) is 0 Å². The summed E-state index contributed by atoms with van der Waals surface area (Å²) in [4.78, 5) is 0. The van der Waals surface area contributed by atoms with E-state index in [1.54, 1.807) is 13.1 Å². The fourth-order valence-electron chi connectivity index (χ4n) is 2.23. The van der Waals surface area contributed by atoms with Crippen LogP contribution >= 0.6 is 0 Å². The smallest absolute Gasteiger partial charge is 0.214 e. The Morgan fingerprint density at radius 1 is 1.41 bits per heavy atom. The van der Waals surface area contributed by atoms with Gasteiger partial charge >= 0.3 is 0 Å². The average Bonchev–Trinajstić information content (AvgIpc) is 2.29. The van der Waals surface area contributed by atoms with Gasteiger partial charge in [-0.05, 0) is 25.2 Å². The zero-order valence-electron chi connectivity index (χ0n) is 10.5. The van der Waals surface area contributed by atoms with Crippen LogP contribution in [0.5, 0.6) is 0 Å². The van der Waals surface area contributed by atoms with Crippen molar-refractivity contribution >= 4 is 10.0 Å². The maximum Gasteiger partial charge on any atom is 0.214 e. The fraction of sp³-hybridized carbons (Fsp3) is 0.833. The molecule has 1 saturated carbocycles. The van der Waals surface area contributed by atoms with E-state index in [4.69, 9.17) is 0 Å². The molecule has 1 aliphatic carbocycles. The quantitative estimate of drug-likeness (QED) is 0.735. The first-order chi connectivity index (χ1) is 7.97. The minimum absolute atomic E-state index is 0.0901. The molecule has 2 unspecified atom stereocenters. The molecular weight excluding hydrogens is 238 g/mol. The van der Waals surface area contributed by atoms with Crippen LogP contribution in [-0.4, -0.2) is 43.3 Å². The van der Waals surface area contributed by atoms with E-state index in [-0.39, 0.29) is 17.8 Å². The summed E-state index contributed by atoms with van der Waals surface area (Å²) in [6, 6.07) is 0. The number of hydrogen-bond donors (Lipinski definition) is 1. The van der Waals surface area contributed by atoms with E-state index in [9.17, 15) is 13.5 Å². The fourth-order valence-corrected chi connectivity index (χ4v) is 3.43. The largest absolute Gasteiger partial charge is 0.393 e. The highest BCUT2D eigenvalue weighted by molar-refractivity contribution is 7.89. The van der Waals surface area contributed by atoms with Gasteiger partial charge in [-0.3, -0.25) is 0 Å². The van der Waals surface area contributed by atoms with E-state index >= 15 is 0 Å². The maximum absolute atomic E-state index is 11.9. The van der Waals surface area contributed by atoms with Gasteiger partial charge in [-0.2, -0.15) is 0 Å². The van der Waals surface area contributed by atoms with Crippen molar-refractivity contribution < 1.29 is 13.5 Å². The summed E-state index contributed by atoms with van der Waals surface area (Å²) in [6.45, 7) is 3.96. The first-order valence-electron chi connectivity index (χ1n) is 6.20. The van der Waals surface area contributed by atoms with E-state index in [1.807, 2.05) is 0 Å². The Hall–Kier alpha value is -0.390. The molecule has 0 spiro atoms. The number of allylic oxidation sites excluding steroid dienone is 1. The molecule has 17 heavy (non-hydrogen) atoms. The SMILES string of the molecule is C=CCCS(=O)(=O)N(C)CC1CCCCC1O. The molecule has 5 heteroatoms. The Morgan fingerprint density at radius 3 is 2.65 bits per heavy atom. The minimum Gasteiger partial charge on any atom is -0.393 e. The molecule has 1 aliphatic rings. The number of aliphatic hydroxyl groups excluding tert-OH is 1. The molecule has 1 fully saturated rings. The van der Waals surface area contributed by atoms with Crippen molar-refractivity contribution in [3.05, 3.63) is 12.7 Å². The lowest BCUT2D eigenvalue weighted by atomic mass is 9.86. The van der Waals surface area contributed by atoms with Crippen molar-refractivity contribution in [2.24, 2.45) is 5.92 Å². The molecule has 4 nitrogen and oxygen atoms in total. The van der Waals surface area contributed by atoms with Crippen LogP contribution in [0.15, 0.2) is 12.7 Å². The van der Waals surface area contributed by atoms with Gasteiger partial charge in [0.2, 0.25) is 10.0 Å². The minimum atomic E-state index is -3.19. The summed E-state index contributed by atoms with van der Waals surface area (Å²) in [5, 5.41) is 9.82. The average molecular weight is 261 g/mol. The van der Waals surface area contributed by atoms with Crippen molar-refractivity contribution in [2.45, 2.75) is 38.2 Å². The lowest BCUT2D eigenvalue weighted by molar-refractivity contribution is 0.0621. The molecule has 0 aromatic rings. The highest BCUT2D eigenvalue weighted by atomic mass is 32.2.